The van der Waals surface area contributed by atoms with Gasteiger partial charge in [-0.1, -0.05) is 18.2 Å². The van der Waals surface area contributed by atoms with Gasteiger partial charge >= 0.3 is 0 Å². The maximum Gasteiger partial charge on any atom is 0.131 e. The number of H-pyrrole nitrogens is 1. The number of pyridine rings is 1. The van der Waals surface area contributed by atoms with Crippen molar-refractivity contribution in [1.29, 1.82) is 0 Å². The number of carbonyl (C=O) groups excluding carboxylic acids is 1. The highest BCUT2D eigenvalue weighted by molar-refractivity contribution is 5.86. The summed E-state index contributed by atoms with van der Waals surface area (Å²) in [5.41, 5.74) is 8.09. The minimum absolute atomic E-state index is 0.489. The van der Waals surface area contributed by atoms with Crippen LogP contribution in [-0.4, -0.2) is 27.9 Å². The fourth-order valence-corrected chi connectivity index (χ4v) is 5.33. The number of nitrogens with one attached hydrogen (secondary N) is 3. The summed E-state index contributed by atoms with van der Waals surface area (Å²) in [6.45, 7) is 8.51. The minimum atomic E-state index is -0.892. The van der Waals surface area contributed by atoms with Crippen molar-refractivity contribution < 1.29 is 9.90 Å². The molecule has 2 aromatic carbocycles. The molecule has 0 radical (unpaired) electrons. The predicted octanol–water partition coefficient (Wildman–Crippen LogP) is 5.90. The van der Waals surface area contributed by atoms with E-state index >= 15 is 0 Å². The average molecular weight is 483 g/mol. The number of aromatic nitrogens is 2. The smallest absolute Gasteiger partial charge is 0.131 e. The first-order valence-corrected chi connectivity index (χ1v) is 12.6. The van der Waals surface area contributed by atoms with Gasteiger partial charge in [0.15, 0.2) is 0 Å². The summed E-state index contributed by atoms with van der Waals surface area (Å²) >= 11 is 0. The summed E-state index contributed by atoms with van der Waals surface area (Å²) in [6, 6.07) is 14.4. The van der Waals surface area contributed by atoms with Gasteiger partial charge in [-0.05, 0) is 87.9 Å². The molecule has 36 heavy (non-hydrogen) atoms. The van der Waals surface area contributed by atoms with Crippen LogP contribution in [0.25, 0.3) is 10.9 Å². The van der Waals surface area contributed by atoms with E-state index in [1.807, 2.05) is 45.2 Å². The van der Waals surface area contributed by atoms with Crippen LogP contribution in [0.4, 0.5) is 17.1 Å². The lowest BCUT2D eigenvalue weighted by atomic mass is 9.90. The van der Waals surface area contributed by atoms with Crippen LogP contribution in [0.1, 0.15) is 55.1 Å². The number of aryl methyl sites for hydroxylation is 1. The standard InChI is InChI=1S/C30H34N4O2/c1-19-16-21(34-26-12-15-32-28-23(26)10-13-30(28,4)18-35)8-9-25(19)31-14-11-20-17-33-27-22(20)6-5-7-24(27)29(2,3)36/h5-9,12,15-18,31,33,36H,10-11,13-14H2,1-4H3,(H,32,34). The lowest BCUT2D eigenvalue weighted by Gasteiger charge is -2.18. The number of rotatable bonds is 8. The van der Waals surface area contributed by atoms with E-state index in [9.17, 15) is 9.90 Å². The van der Waals surface area contributed by atoms with Crippen molar-refractivity contribution in [3.05, 3.63) is 82.8 Å². The SMILES string of the molecule is Cc1cc(Nc2ccnc3c2CCC3(C)C=O)ccc1NCCc1c[nH]c2c(C(C)(C)O)cccc12. The van der Waals surface area contributed by atoms with Crippen LogP contribution in [0.3, 0.4) is 0 Å². The van der Waals surface area contributed by atoms with Crippen LogP contribution in [0.5, 0.6) is 0 Å². The Morgan fingerprint density at radius 2 is 2.03 bits per heavy atom. The molecular formula is C30H34N4O2. The molecule has 0 aliphatic heterocycles. The molecule has 6 nitrogen and oxygen atoms in total. The summed E-state index contributed by atoms with van der Waals surface area (Å²) in [6.07, 6.45) is 7.38. The molecular weight excluding hydrogens is 448 g/mol. The number of aromatic amines is 1. The normalized spacial score (nSPS) is 17.2. The fraction of sp³-hybridized carbons (Fsp3) is 0.333. The minimum Gasteiger partial charge on any atom is -0.386 e. The molecule has 0 bridgehead atoms. The number of aldehydes is 1. The molecule has 1 aliphatic rings. The van der Waals surface area contributed by atoms with E-state index in [1.54, 1.807) is 6.20 Å². The number of hydrogen-bond acceptors (Lipinski definition) is 5. The van der Waals surface area contributed by atoms with Gasteiger partial charge in [0.25, 0.3) is 0 Å². The summed E-state index contributed by atoms with van der Waals surface area (Å²) in [5.74, 6) is 0. The summed E-state index contributed by atoms with van der Waals surface area (Å²) in [7, 11) is 0. The molecule has 4 aromatic rings. The van der Waals surface area contributed by atoms with Crippen LogP contribution in [0.15, 0.2) is 54.9 Å². The number of benzene rings is 2. The predicted molar refractivity (Wildman–Crippen MR) is 146 cm³/mol. The molecule has 186 valence electrons. The first-order valence-electron chi connectivity index (χ1n) is 12.6. The molecule has 6 heteroatoms. The highest BCUT2D eigenvalue weighted by Crippen LogP contribution is 2.40. The van der Waals surface area contributed by atoms with Gasteiger partial charge in [0.1, 0.15) is 6.29 Å². The third-order valence-electron chi connectivity index (χ3n) is 7.43. The van der Waals surface area contributed by atoms with Gasteiger partial charge in [-0.2, -0.15) is 0 Å². The number of para-hydroxylation sites is 1. The largest absolute Gasteiger partial charge is 0.386 e. The highest BCUT2D eigenvalue weighted by Gasteiger charge is 2.36. The van der Waals surface area contributed by atoms with Crippen molar-refractivity contribution in [2.45, 2.75) is 58.0 Å². The van der Waals surface area contributed by atoms with Crippen LogP contribution < -0.4 is 10.6 Å². The Bertz CT molecular complexity index is 1430. The van der Waals surface area contributed by atoms with Crippen LogP contribution in [-0.2, 0) is 28.7 Å². The van der Waals surface area contributed by atoms with Crippen molar-refractivity contribution in [2.24, 2.45) is 0 Å². The molecule has 1 atom stereocenters. The summed E-state index contributed by atoms with van der Waals surface area (Å²) in [5, 5.41) is 18.8. The van der Waals surface area contributed by atoms with E-state index in [4.69, 9.17) is 0 Å². The summed E-state index contributed by atoms with van der Waals surface area (Å²) in [4.78, 5) is 19.5. The number of aliphatic hydroxyl groups is 1. The van der Waals surface area contributed by atoms with E-state index in [-0.39, 0.29) is 0 Å². The Balaban J connectivity index is 1.27. The summed E-state index contributed by atoms with van der Waals surface area (Å²) < 4.78 is 0. The average Bonchev–Trinajstić information content (AvgIpc) is 3.42. The van der Waals surface area contributed by atoms with E-state index < -0.39 is 11.0 Å². The molecule has 1 unspecified atom stereocenters. The number of fused-ring (bicyclic) bond motifs is 2. The van der Waals surface area contributed by atoms with Gasteiger partial charge in [0, 0.05) is 47.0 Å². The van der Waals surface area contributed by atoms with Gasteiger partial charge in [-0.25, -0.2) is 0 Å². The van der Waals surface area contributed by atoms with E-state index in [2.05, 4.69) is 51.8 Å². The second-order valence-corrected chi connectivity index (χ2v) is 10.7. The van der Waals surface area contributed by atoms with Gasteiger partial charge in [0.05, 0.1) is 22.2 Å². The first kappa shape index (κ1) is 24.1. The van der Waals surface area contributed by atoms with Gasteiger partial charge in [-0.3, -0.25) is 4.98 Å². The molecule has 0 saturated carbocycles. The number of anilines is 3. The third-order valence-corrected chi connectivity index (χ3v) is 7.43. The lowest BCUT2D eigenvalue weighted by molar-refractivity contribution is -0.112. The fourth-order valence-electron chi connectivity index (χ4n) is 5.33. The van der Waals surface area contributed by atoms with Gasteiger partial charge in [-0.15, -0.1) is 0 Å². The second kappa shape index (κ2) is 9.10. The van der Waals surface area contributed by atoms with E-state index in [0.717, 1.165) is 82.4 Å². The molecule has 2 aromatic heterocycles. The van der Waals surface area contributed by atoms with Crippen molar-refractivity contribution in [3.63, 3.8) is 0 Å². The van der Waals surface area contributed by atoms with Crippen molar-refractivity contribution >= 4 is 34.3 Å². The Morgan fingerprint density at radius 1 is 1.19 bits per heavy atom. The van der Waals surface area contributed by atoms with E-state index in [1.165, 1.54) is 5.56 Å². The third kappa shape index (κ3) is 4.37. The van der Waals surface area contributed by atoms with Crippen molar-refractivity contribution in [3.8, 4) is 0 Å². The molecule has 0 spiro atoms. The lowest BCUT2D eigenvalue weighted by Crippen LogP contribution is -2.21. The van der Waals surface area contributed by atoms with Crippen molar-refractivity contribution in [1.82, 2.24) is 9.97 Å². The molecule has 0 amide bonds. The first-order chi connectivity index (χ1) is 17.2. The molecule has 1 aliphatic carbocycles. The molecule has 5 rings (SSSR count). The zero-order valence-corrected chi connectivity index (χ0v) is 21.4. The number of hydrogen-bond donors (Lipinski definition) is 4. The topological polar surface area (TPSA) is 90.0 Å². The van der Waals surface area contributed by atoms with E-state index in [0.29, 0.717) is 0 Å². The second-order valence-electron chi connectivity index (χ2n) is 10.7. The molecule has 4 N–H and O–H groups in total. The number of carbonyl (C=O) groups is 1. The Hall–Kier alpha value is -3.64. The van der Waals surface area contributed by atoms with Gasteiger partial charge in [0.2, 0.25) is 0 Å². The molecule has 0 saturated heterocycles. The Morgan fingerprint density at radius 3 is 2.78 bits per heavy atom. The van der Waals surface area contributed by atoms with Crippen LogP contribution >= 0.6 is 0 Å². The number of nitrogens with zero attached hydrogens (tertiary/aromatic N) is 1. The van der Waals surface area contributed by atoms with Crippen LogP contribution in [0.2, 0.25) is 0 Å². The highest BCUT2D eigenvalue weighted by atomic mass is 16.3. The Labute approximate surface area is 212 Å². The molecule has 0 fully saturated rings. The van der Waals surface area contributed by atoms with Crippen LogP contribution in [0, 0.1) is 6.92 Å². The molecule has 2 heterocycles. The van der Waals surface area contributed by atoms with Crippen molar-refractivity contribution in [2.75, 3.05) is 17.2 Å². The van der Waals surface area contributed by atoms with Gasteiger partial charge < -0.3 is 25.5 Å². The quantitative estimate of drug-likeness (QED) is 0.235. The zero-order valence-electron chi connectivity index (χ0n) is 21.4. The maximum atomic E-state index is 11.6. The Kier molecular flexibility index (Phi) is 6.08. The maximum absolute atomic E-state index is 11.6. The monoisotopic (exact) mass is 482 g/mol. The zero-order chi connectivity index (χ0) is 25.5.